The Bertz CT molecular complexity index is 151. The van der Waals surface area contributed by atoms with Gasteiger partial charge in [0.15, 0.2) is 0 Å². The average Bonchev–Trinajstić information content (AvgIpc) is 2.05. The maximum atomic E-state index is 5.73. The molecule has 1 aliphatic heterocycles. The molecule has 0 aromatic carbocycles. The predicted molar refractivity (Wildman–Crippen MR) is 53.5 cm³/mol. The number of hydrogen-bond acceptors (Lipinski definition) is 2. The van der Waals surface area contributed by atoms with Crippen LogP contribution in [0, 0.1) is 0 Å². The minimum absolute atomic E-state index is 0.750. The van der Waals surface area contributed by atoms with Crippen molar-refractivity contribution in [1.82, 2.24) is 9.80 Å². The second kappa shape index (κ2) is 4.85. The van der Waals surface area contributed by atoms with E-state index in [4.69, 9.17) is 11.6 Å². The zero-order valence-corrected chi connectivity index (χ0v) is 8.48. The van der Waals surface area contributed by atoms with Gasteiger partial charge in [0, 0.05) is 37.8 Å². The van der Waals surface area contributed by atoms with Gasteiger partial charge in [-0.2, -0.15) is 0 Å². The lowest BCUT2D eigenvalue weighted by molar-refractivity contribution is 0.147. The molecule has 0 amide bonds. The van der Waals surface area contributed by atoms with Gasteiger partial charge in [-0.1, -0.05) is 25.1 Å². The summed E-state index contributed by atoms with van der Waals surface area (Å²) in [7, 11) is 0. The monoisotopic (exact) mass is 188 g/mol. The van der Waals surface area contributed by atoms with Crippen molar-refractivity contribution < 1.29 is 0 Å². The summed E-state index contributed by atoms with van der Waals surface area (Å²) in [5.41, 5.74) is 0. The number of piperazine rings is 1. The highest BCUT2D eigenvalue weighted by Crippen LogP contribution is 2.05. The molecule has 2 nitrogen and oxygen atoms in total. The normalized spacial score (nSPS) is 21.2. The quantitative estimate of drug-likeness (QED) is 0.661. The maximum Gasteiger partial charge on any atom is 0.0336 e. The van der Waals surface area contributed by atoms with Crippen molar-refractivity contribution in [2.45, 2.75) is 6.92 Å². The molecular formula is C9H17ClN2. The minimum Gasteiger partial charge on any atom is -0.301 e. The standard InChI is InChI=1S/C9H17ClN2/c1-3-11-4-6-12(7-5-11)8-9(2)10/h2-8H2,1H3. The Hall–Kier alpha value is -0.0500. The number of nitrogens with zero attached hydrogens (tertiary/aromatic N) is 2. The minimum atomic E-state index is 0.750. The van der Waals surface area contributed by atoms with Crippen LogP contribution in [0.4, 0.5) is 0 Å². The molecule has 12 heavy (non-hydrogen) atoms. The van der Waals surface area contributed by atoms with E-state index in [9.17, 15) is 0 Å². The number of halogens is 1. The lowest BCUT2D eigenvalue weighted by Crippen LogP contribution is -2.46. The zero-order valence-electron chi connectivity index (χ0n) is 7.72. The Labute approximate surface area is 79.8 Å². The molecular weight excluding hydrogens is 172 g/mol. The van der Waals surface area contributed by atoms with E-state index in [0.29, 0.717) is 0 Å². The lowest BCUT2D eigenvalue weighted by atomic mass is 10.3. The largest absolute Gasteiger partial charge is 0.301 e. The van der Waals surface area contributed by atoms with Crippen molar-refractivity contribution in [2.24, 2.45) is 0 Å². The molecule has 0 spiro atoms. The van der Waals surface area contributed by atoms with E-state index in [1.165, 1.54) is 13.1 Å². The topological polar surface area (TPSA) is 6.48 Å². The van der Waals surface area contributed by atoms with Crippen LogP contribution < -0.4 is 0 Å². The van der Waals surface area contributed by atoms with Crippen LogP contribution in [-0.4, -0.2) is 49.1 Å². The molecule has 0 bridgehead atoms. The first-order valence-electron chi connectivity index (χ1n) is 4.50. The highest BCUT2D eigenvalue weighted by atomic mass is 35.5. The van der Waals surface area contributed by atoms with Gasteiger partial charge in [0.25, 0.3) is 0 Å². The Kier molecular flexibility index (Phi) is 4.06. The Morgan fingerprint density at radius 2 is 1.75 bits per heavy atom. The third-order valence-corrected chi connectivity index (χ3v) is 2.43. The van der Waals surface area contributed by atoms with Crippen molar-refractivity contribution in [3.8, 4) is 0 Å². The van der Waals surface area contributed by atoms with Crippen molar-refractivity contribution in [3.05, 3.63) is 11.6 Å². The van der Waals surface area contributed by atoms with Gasteiger partial charge in [-0.3, -0.25) is 4.90 Å². The molecule has 3 heteroatoms. The van der Waals surface area contributed by atoms with E-state index >= 15 is 0 Å². The molecule has 1 fully saturated rings. The van der Waals surface area contributed by atoms with Crippen LogP contribution in [0.1, 0.15) is 6.92 Å². The van der Waals surface area contributed by atoms with Crippen LogP contribution in [0.25, 0.3) is 0 Å². The molecule has 0 N–H and O–H groups in total. The summed E-state index contributed by atoms with van der Waals surface area (Å²) in [6, 6.07) is 0. The number of likely N-dealkylation sites (N-methyl/N-ethyl adjacent to an activating group) is 1. The van der Waals surface area contributed by atoms with Crippen LogP contribution in [0.2, 0.25) is 0 Å². The molecule has 1 heterocycles. The van der Waals surface area contributed by atoms with Crippen molar-refractivity contribution in [2.75, 3.05) is 39.3 Å². The second-order valence-corrected chi connectivity index (χ2v) is 3.76. The van der Waals surface area contributed by atoms with Crippen LogP contribution >= 0.6 is 11.6 Å². The third kappa shape index (κ3) is 3.13. The summed E-state index contributed by atoms with van der Waals surface area (Å²) >= 11 is 5.73. The van der Waals surface area contributed by atoms with Crippen molar-refractivity contribution in [1.29, 1.82) is 0 Å². The average molecular weight is 189 g/mol. The van der Waals surface area contributed by atoms with E-state index in [1.807, 2.05) is 0 Å². The summed E-state index contributed by atoms with van der Waals surface area (Å²) in [5, 5.41) is 0.750. The first-order chi connectivity index (χ1) is 5.72. The molecule has 0 unspecified atom stereocenters. The van der Waals surface area contributed by atoms with E-state index < -0.39 is 0 Å². The van der Waals surface area contributed by atoms with Gasteiger partial charge in [0.05, 0.1) is 0 Å². The molecule has 0 saturated carbocycles. The molecule has 70 valence electrons. The summed E-state index contributed by atoms with van der Waals surface area (Å²) < 4.78 is 0. The fraction of sp³-hybridized carbons (Fsp3) is 0.778. The van der Waals surface area contributed by atoms with Crippen LogP contribution in [0.15, 0.2) is 11.6 Å². The van der Waals surface area contributed by atoms with E-state index in [0.717, 1.165) is 31.2 Å². The fourth-order valence-corrected chi connectivity index (χ4v) is 1.68. The smallest absolute Gasteiger partial charge is 0.0336 e. The summed E-state index contributed by atoms with van der Waals surface area (Å²) in [6.45, 7) is 12.5. The molecule has 0 aromatic heterocycles. The molecule has 1 aliphatic rings. The first-order valence-corrected chi connectivity index (χ1v) is 4.88. The fourth-order valence-electron chi connectivity index (χ4n) is 1.51. The molecule has 1 rings (SSSR count). The third-order valence-electron chi connectivity index (χ3n) is 2.31. The van der Waals surface area contributed by atoms with Crippen molar-refractivity contribution in [3.63, 3.8) is 0 Å². The number of rotatable bonds is 3. The van der Waals surface area contributed by atoms with E-state index in [1.54, 1.807) is 0 Å². The lowest BCUT2D eigenvalue weighted by Gasteiger charge is -2.33. The maximum absolute atomic E-state index is 5.73. The second-order valence-electron chi connectivity index (χ2n) is 3.23. The summed E-state index contributed by atoms with van der Waals surface area (Å²) in [5.74, 6) is 0. The zero-order chi connectivity index (χ0) is 8.97. The van der Waals surface area contributed by atoms with Crippen LogP contribution in [-0.2, 0) is 0 Å². The predicted octanol–water partition coefficient (Wildman–Crippen LogP) is 1.38. The molecule has 0 aliphatic carbocycles. The molecule has 0 atom stereocenters. The summed E-state index contributed by atoms with van der Waals surface area (Å²) in [4.78, 5) is 4.80. The summed E-state index contributed by atoms with van der Waals surface area (Å²) in [6.07, 6.45) is 0. The van der Waals surface area contributed by atoms with Gasteiger partial charge in [-0.25, -0.2) is 0 Å². The molecule has 1 saturated heterocycles. The first kappa shape index (κ1) is 10.0. The van der Waals surface area contributed by atoms with Crippen LogP contribution in [0.3, 0.4) is 0 Å². The Balaban J connectivity index is 2.21. The van der Waals surface area contributed by atoms with E-state index in [-0.39, 0.29) is 0 Å². The van der Waals surface area contributed by atoms with Crippen LogP contribution in [0.5, 0.6) is 0 Å². The van der Waals surface area contributed by atoms with Gasteiger partial charge < -0.3 is 4.90 Å². The van der Waals surface area contributed by atoms with E-state index in [2.05, 4.69) is 23.3 Å². The van der Waals surface area contributed by atoms with Gasteiger partial charge >= 0.3 is 0 Å². The Morgan fingerprint density at radius 3 is 2.17 bits per heavy atom. The highest BCUT2D eigenvalue weighted by Gasteiger charge is 2.14. The van der Waals surface area contributed by atoms with Gasteiger partial charge in [0.1, 0.15) is 0 Å². The Morgan fingerprint density at radius 1 is 1.25 bits per heavy atom. The SMILES string of the molecule is C=C(Cl)CN1CCN(CC)CC1. The van der Waals surface area contributed by atoms with Gasteiger partial charge in [-0.05, 0) is 6.54 Å². The highest BCUT2D eigenvalue weighted by molar-refractivity contribution is 6.29. The van der Waals surface area contributed by atoms with Crippen molar-refractivity contribution >= 4 is 11.6 Å². The molecule has 0 aromatic rings. The van der Waals surface area contributed by atoms with Gasteiger partial charge in [-0.15, -0.1) is 0 Å². The van der Waals surface area contributed by atoms with Gasteiger partial charge in [0.2, 0.25) is 0 Å². The number of hydrogen-bond donors (Lipinski definition) is 0. The molecule has 0 radical (unpaired) electrons.